The van der Waals surface area contributed by atoms with Crippen LogP contribution < -0.4 is 5.32 Å². The zero-order chi connectivity index (χ0) is 59.7. The van der Waals surface area contributed by atoms with Gasteiger partial charge in [0.25, 0.3) is 0 Å². The van der Waals surface area contributed by atoms with E-state index in [0.717, 1.165) is 70.6 Å². The van der Waals surface area contributed by atoms with Gasteiger partial charge in [-0.25, -0.2) is 0 Å². The SMILES string of the molecule is CCC/C=C\CCCCCCCC(=O)NC(COC1OC(CO)C(OC2OC(CO)C(OC3OC(CO)C(O)C(O)C3O)C(O)C2O)C(O)C1O)C(O)/C=C/CC/C=C/CC/C=C/CCCCCCCCCCCCCCCCCCC. The molecule has 17 atom stereocenters. The van der Waals surface area contributed by atoms with Crippen molar-refractivity contribution >= 4 is 5.91 Å². The zero-order valence-electron chi connectivity index (χ0n) is 50.0. The average Bonchev–Trinajstić information content (AvgIpc) is 3.66. The highest BCUT2D eigenvalue weighted by atomic mass is 16.8. The second kappa shape index (κ2) is 46.0. The molecule has 3 rings (SSSR count). The number of hydrogen-bond donors (Lipinski definition) is 12. The minimum absolute atomic E-state index is 0.220. The molecule has 19 nitrogen and oxygen atoms in total. The van der Waals surface area contributed by atoms with E-state index in [2.05, 4.69) is 55.6 Å². The lowest BCUT2D eigenvalue weighted by atomic mass is 9.96. The van der Waals surface area contributed by atoms with Gasteiger partial charge in [0.15, 0.2) is 18.9 Å². The van der Waals surface area contributed by atoms with E-state index in [0.29, 0.717) is 12.8 Å². The van der Waals surface area contributed by atoms with Crippen molar-refractivity contribution in [1.82, 2.24) is 5.32 Å². The highest BCUT2D eigenvalue weighted by Gasteiger charge is 2.53. The van der Waals surface area contributed by atoms with Gasteiger partial charge in [-0.05, 0) is 64.2 Å². The second-order valence-electron chi connectivity index (χ2n) is 22.8. The van der Waals surface area contributed by atoms with E-state index in [1.54, 1.807) is 6.08 Å². The van der Waals surface area contributed by atoms with Crippen LogP contribution in [0, 0.1) is 0 Å². The van der Waals surface area contributed by atoms with E-state index in [9.17, 15) is 61.0 Å². The minimum Gasteiger partial charge on any atom is -0.394 e. The summed E-state index contributed by atoms with van der Waals surface area (Å²) in [5, 5.41) is 120. The average molecular weight is 1170 g/mol. The summed E-state index contributed by atoms with van der Waals surface area (Å²) in [5.41, 5.74) is 0. The largest absolute Gasteiger partial charge is 0.394 e. The predicted molar refractivity (Wildman–Crippen MR) is 314 cm³/mol. The van der Waals surface area contributed by atoms with E-state index in [-0.39, 0.29) is 18.9 Å². The smallest absolute Gasteiger partial charge is 0.220 e. The van der Waals surface area contributed by atoms with E-state index in [4.69, 9.17) is 28.4 Å². The number of allylic oxidation sites excluding steroid dienone is 7. The van der Waals surface area contributed by atoms with Crippen LogP contribution in [-0.4, -0.2) is 193 Å². The Balaban J connectivity index is 1.45. The van der Waals surface area contributed by atoms with E-state index >= 15 is 0 Å². The third-order valence-corrected chi connectivity index (χ3v) is 15.8. The van der Waals surface area contributed by atoms with Gasteiger partial charge in [-0.1, -0.05) is 191 Å². The summed E-state index contributed by atoms with van der Waals surface area (Å²) in [5.74, 6) is -0.303. The Morgan fingerprint density at radius 2 is 0.805 bits per heavy atom. The van der Waals surface area contributed by atoms with Gasteiger partial charge in [0.1, 0.15) is 73.2 Å². The fourth-order valence-corrected chi connectivity index (χ4v) is 10.6. The molecule has 478 valence electrons. The van der Waals surface area contributed by atoms with Crippen molar-refractivity contribution in [3.8, 4) is 0 Å². The first kappa shape index (κ1) is 74.0. The molecule has 12 N–H and O–H groups in total. The van der Waals surface area contributed by atoms with Gasteiger partial charge in [0, 0.05) is 6.42 Å². The summed E-state index contributed by atoms with van der Waals surface area (Å²) < 4.78 is 34.2. The normalized spacial score (nSPS) is 29.9. The Labute approximate surface area is 491 Å². The molecular weight excluding hydrogens is 1060 g/mol. The van der Waals surface area contributed by atoms with Gasteiger partial charge in [-0.2, -0.15) is 0 Å². The van der Waals surface area contributed by atoms with Crippen LogP contribution in [0.25, 0.3) is 0 Å². The first-order valence-corrected chi connectivity index (χ1v) is 31.9. The topological polar surface area (TPSA) is 307 Å². The first-order valence-electron chi connectivity index (χ1n) is 31.9. The summed E-state index contributed by atoms with van der Waals surface area (Å²) in [6.07, 6.45) is 25.6. The molecule has 3 saturated heterocycles. The number of ether oxygens (including phenoxy) is 6. The van der Waals surface area contributed by atoms with Crippen molar-refractivity contribution in [2.75, 3.05) is 26.4 Å². The van der Waals surface area contributed by atoms with Gasteiger partial charge < -0.3 is 89.9 Å². The molecule has 0 aromatic heterocycles. The molecule has 0 spiro atoms. The summed E-state index contributed by atoms with van der Waals surface area (Å²) >= 11 is 0. The molecule has 0 aliphatic carbocycles. The molecule has 3 aliphatic heterocycles. The van der Waals surface area contributed by atoms with Crippen LogP contribution in [0.4, 0.5) is 0 Å². The number of carbonyl (C=O) groups is 1. The van der Waals surface area contributed by atoms with Gasteiger partial charge in [-0.15, -0.1) is 0 Å². The number of carbonyl (C=O) groups excluding carboxylic acids is 1. The van der Waals surface area contributed by atoms with E-state index < -0.39 is 124 Å². The van der Waals surface area contributed by atoms with Gasteiger partial charge >= 0.3 is 0 Å². The van der Waals surface area contributed by atoms with Crippen LogP contribution in [-0.2, 0) is 33.2 Å². The lowest BCUT2D eigenvalue weighted by molar-refractivity contribution is -0.379. The first-order chi connectivity index (χ1) is 39.8. The van der Waals surface area contributed by atoms with Crippen molar-refractivity contribution in [2.24, 2.45) is 0 Å². The second-order valence-corrected chi connectivity index (χ2v) is 22.8. The summed E-state index contributed by atoms with van der Waals surface area (Å²) in [4.78, 5) is 13.3. The van der Waals surface area contributed by atoms with Gasteiger partial charge in [-0.3, -0.25) is 4.79 Å². The zero-order valence-corrected chi connectivity index (χ0v) is 50.0. The van der Waals surface area contributed by atoms with Crippen molar-refractivity contribution < 1.29 is 89.4 Å². The van der Waals surface area contributed by atoms with Crippen LogP contribution in [0.3, 0.4) is 0 Å². The maximum Gasteiger partial charge on any atom is 0.220 e. The fraction of sp³-hybridized carbons (Fsp3) is 0.857. The standard InChI is InChI=1S/C63H113NO18/c1-3-5-7-9-11-13-15-16-17-18-19-20-21-22-23-24-25-26-27-28-29-30-31-32-34-36-38-40-47(68)46(64-51(69)41-39-37-35-33-14-12-10-8-6-4-2)45-77-61-57(75)54(72)59(49(43-66)79-61)82-63-58(76)55(73)60(50(44-67)80-63)81-62-56(74)53(71)52(70)48(42-65)78-62/h8,10,27-28,31-32,38,40,46-50,52-63,65-68,70-76H,3-7,9,11-26,29-30,33-37,39,41-45H2,1-2H3,(H,64,69)/b10-8-,28-27+,32-31+,40-38+. The molecule has 0 aromatic rings. The molecule has 0 saturated carbocycles. The molecule has 1 amide bonds. The third-order valence-electron chi connectivity index (χ3n) is 15.8. The van der Waals surface area contributed by atoms with Crippen LogP contribution in [0.2, 0.25) is 0 Å². The van der Waals surface area contributed by atoms with Crippen LogP contribution in [0.5, 0.6) is 0 Å². The van der Waals surface area contributed by atoms with E-state index in [1.165, 1.54) is 109 Å². The molecule has 3 fully saturated rings. The highest BCUT2D eigenvalue weighted by molar-refractivity contribution is 5.76. The Hall–Kier alpha value is -2.25. The monoisotopic (exact) mass is 1170 g/mol. The lowest BCUT2D eigenvalue weighted by Crippen LogP contribution is -2.66. The molecule has 82 heavy (non-hydrogen) atoms. The number of aliphatic hydroxyl groups is 11. The summed E-state index contributed by atoms with van der Waals surface area (Å²) in [7, 11) is 0. The predicted octanol–water partition coefficient (Wildman–Crippen LogP) is 6.65. The molecule has 0 aromatic carbocycles. The molecule has 3 aliphatic rings. The number of nitrogens with one attached hydrogen (secondary N) is 1. The van der Waals surface area contributed by atoms with Crippen molar-refractivity contribution in [2.45, 2.75) is 317 Å². The maximum atomic E-state index is 13.3. The number of hydrogen-bond acceptors (Lipinski definition) is 18. The minimum atomic E-state index is -1.98. The molecule has 0 radical (unpaired) electrons. The molecule has 17 unspecified atom stereocenters. The van der Waals surface area contributed by atoms with Crippen LogP contribution in [0.15, 0.2) is 48.6 Å². The number of rotatable bonds is 47. The highest BCUT2D eigenvalue weighted by Crippen LogP contribution is 2.33. The van der Waals surface area contributed by atoms with Crippen molar-refractivity contribution in [1.29, 1.82) is 0 Å². The summed E-state index contributed by atoms with van der Waals surface area (Å²) in [6, 6.07) is -1.000. The molecule has 3 heterocycles. The Morgan fingerprint density at radius 1 is 0.427 bits per heavy atom. The number of aliphatic hydroxyl groups excluding tert-OH is 11. The lowest BCUT2D eigenvalue weighted by Gasteiger charge is -2.48. The maximum absolute atomic E-state index is 13.3. The Morgan fingerprint density at radius 3 is 1.27 bits per heavy atom. The van der Waals surface area contributed by atoms with E-state index in [1.807, 2.05) is 6.08 Å². The van der Waals surface area contributed by atoms with Crippen LogP contribution in [0.1, 0.15) is 213 Å². The Kier molecular flexibility index (Phi) is 41.5. The fourth-order valence-electron chi connectivity index (χ4n) is 10.6. The summed E-state index contributed by atoms with van der Waals surface area (Å²) in [6.45, 7) is 1.62. The van der Waals surface area contributed by atoms with Crippen molar-refractivity contribution in [3.63, 3.8) is 0 Å². The van der Waals surface area contributed by atoms with Crippen molar-refractivity contribution in [3.05, 3.63) is 48.6 Å². The van der Waals surface area contributed by atoms with Gasteiger partial charge in [0.05, 0.1) is 38.6 Å². The van der Waals surface area contributed by atoms with Crippen LogP contribution >= 0.6 is 0 Å². The number of amides is 1. The quantitative estimate of drug-likeness (QED) is 0.0224. The third kappa shape index (κ3) is 29.0. The molecule has 19 heteroatoms. The number of unbranched alkanes of at least 4 members (excludes halogenated alkanes) is 25. The molecular formula is C63H113NO18. The Bertz CT molecular complexity index is 1680. The van der Waals surface area contributed by atoms with Gasteiger partial charge in [0.2, 0.25) is 5.91 Å². The molecule has 0 bridgehead atoms.